The fourth-order valence-electron chi connectivity index (χ4n) is 2.08. The van der Waals surface area contributed by atoms with Gasteiger partial charge in [-0.3, -0.25) is 0 Å². The molecule has 0 radical (unpaired) electrons. The highest BCUT2D eigenvalue weighted by Crippen LogP contribution is 2.18. The first-order valence-electron chi connectivity index (χ1n) is 6.01. The first kappa shape index (κ1) is 12.3. The highest BCUT2D eigenvalue weighted by Gasteiger charge is 2.13. The lowest BCUT2D eigenvalue weighted by Gasteiger charge is -2.22. The third-order valence-electron chi connectivity index (χ3n) is 3.04. The van der Waals surface area contributed by atoms with Gasteiger partial charge in [0.05, 0.1) is 6.61 Å². The zero-order valence-corrected chi connectivity index (χ0v) is 9.79. The average molecular weight is 239 g/mol. The Labute approximate surface area is 101 Å². The number of phenols is 1. The topological polar surface area (TPSA) is 41.5 Å². The van der Waals surface area contributed by atoms with Gasteiger partial charge in [0.1, 0.15) is 11.6 Å². The van der Waals surface area contributed by atoms with Crippen molar-refractivity contribution in [3.8, 4) is 5.75 Å². The second-order valence-corrected chi connectivity index (χ2v) is 4.49. The average Bonchev–Trinajstić information content (AvgIpc) is 2.35. The number of nitrogens with one attached hydrogen (secondary N) is 1. The quantitative estimate of drug-likeness (QED) is 0.845. The van der Waals surface area contributed by atoms with Crippen molar-refractivity contribution in [2.24, 2.45) is 5.92 Å². The van der Waals surface area contributed by atoms with Crippen molar-refractivity contribution in [3.63, 3.8) is 0 Å². The van der Waals surface area contributed by atoms with Gasteiger partial charge in [-0.25, -0.2) is 4.39 Å². The minimum Gasteiger partial charge on any atom is -0.508 e. The zero-order valence-electron chi connectivity index (χ0n) is 9.79. The first-order valence-corrected chi connectivity index (χ1v) is 6.01. The van der Waals surface area contributed by atoms with E-state index in [1.807, 2.05) is 0 Å². The number of aromatic hydroxyl groups is 1. The summed E-state index contributed by atoms with van der Waals surface area (Å²) in [4.78, 5) is 0. The van der Waals surface area contributed by atoms with E-state index < -0.39 is 0 Å². The molecule has 2 N–H and O–H groups in total. The lowest BCUT2D eigenvalue weighted by Crippen LogP contribution is -2.28. The molecule has 1 heterocycles. The van der Waals surface area contributed by atoms with E-state index in [1.165, 1.54) is 24.6 Å². The molecule has 0 saturated carbocycles. The fourth-order valence-corrected chi connectivity index (χ4v) is 2.08. The summed E-state index contributed by atoms with van der Waals surface area (Å²) in [7, 11) is 0. The van der Waals surface area contributed by atoms with E-state index >= 15 is 0 Å². The molecule has 0 spiro atoms. The van der Waals surface area contributed by atoms with Gasteiger partial charge in [-0.2, -0.15) is 0 Å². The van der Waals surface area contributed by atoms with Crippen LogP contribution in [0.2, 0.25) is 0 Å². The third-order valence-corrected chi connectivity index (χ3v) is 3.04. The Balaban J connectivity index is 1.79. The maximum absolute atomic E-state index is 13.0. The van der Waals surface area contributed by atoms with E-state index in [4.69, 9.17) is 4.74 Å². The molecule has 1 aliphatic heterocycles. The molecule has 4 heteroatoms. The maximum atomic E-state index is 13.0. The Morgan fingerprint density at radius 1 is 1.47 bits per heavy atom. The van der Waals surface area contributed by atoms with Crippen LogP contribution in [-0.4, -0.2) is 24.9 Å². The largest absolute Gasteiger partial charge is 0.508 e. The van der Waals surface area contributed by atoms with Crippen LogP contribution in [0.4, 0.5) is 4.39 Å². The van der Waals surface area contributed by atoms with Crippen LogP contribution < -0.4 is 5.32 Å². The molecular weight excluding hydrogens is 221 g/mol. The van der Waals surface area contributed by atoms with Gasteiger partial charge < -0.3 is 15.2 Å². The highest BCUT2D eigenvalue weighted by molar-refractivity contribution is 5.32. The normalized spacial score (nSPS) is 20.4. The summed E-state index contributed by atoms with van der Waals surface area (Å²) < 4.78 is 18.3. The summed E-state index contributed by atoms with van der Waals surface area (Å²) in [5.74, 6) is 0.346. The van der Waals surface area contributed by atoms with Gasteiger partial charge in [-0.15, -0.1) is 0 Å². The lowest BCUT2D eigenvalue weighted by molar-refractivity contribution is 0.0547. The van der Waals surface area contributed by atoms with Crippen molar-refractivity contribution in [2.45, 2.75) is 19.4 Å². The van der Waals surface area contributed by atoms with Gasteiger partial charge >= 0.3 is 0 Å². The van der Waals surface area contributed by atoms with Crippen LogP contribution >= 0.6 is 0 Å². The Bertz CT molecular complexity index is 364. The van der Waals surface area contributed by atoms with Crippen molar-refractivity contribution in [3.05, 3.63) is 29.6 Å². The summed E-state index contributed by atoms with van der Waals surface area (Å²) in [6.45, 7) is 2.99. The second-order valence-electron chi connectivity index (χ2n) is 4.49. The molecule has 2 rings (SSSR count). The Morgan fingerprint density at radius 3 is 3.12 bits per heavy atom. The standard InChI is InChI=1S/C13H18FNO2/c14-12-3-4-13(16)11(6-12)8-15-7-10-2-1-5-17-9-10/h3-4,6,10,15-16H,1-2,5,7-9H2. The van der Waals surface area contributed by atoms with Gasteiger partial charge in [-0.1, -0.05) is 0 Å². The van der Waals surface area contributed by atoms with Crippen molar-refractivity contribution in [1.82, 2.24) is 5.32 Å². The van der Waals surface area contributed by atoms with E-state index in [0.717, 1.165) is 26.2 Å². The molecule has 1 fully saturated rings. The number of halogens is 1. The molecule has 0 aromatic heterocycles. The summed E-state index contributed by atoms with van der Waals surface area (Å²) in [5, 5.41) is 12.8. The number of hydrogen-bond donors (Lipinski definition) is 2. The molecule has 1 unspecified atom stereocenters. The van der Waals surface area contributed by atoms with E-state index in [2.05, 4.69) is 5.32 Å². The maximum Gasteiger partial charge on any atom is 0.123 e. The summed E-state index contributed by atoms with van der Waals surface area (Å²) in [6, 6.07) is 4.00. The van der Waals surface area contributed by atoms with E-state index in [0.29, 0.717) is 18.0 Å². The van der Waals surface area contributed by atoms with Crippen LogP contribution in [0, 0.1) is 11.7 Å². The van der Waals surface area contributed by atoms with Gasteiger partial charge in [0.15, 0.2) is 0 Å². The SMILES string of the molecule is Oc1ccc(F)cc1CNCC1CCCOC1. The molecule has 1 aromatic carbocycles. The molecule has 1 atom stereocenters. The van der Waals surface area contributed by atoms with E-state index in [9.17, 15) is 9.50 Å². The van der Waals surface area contributed by atoms with Crippen LogP contribution in [0.3, 0.4) is 0 Å². The van der Waals surface area contributed by atoms with E-state index in [1.54, 1.807) is 0 Å². The number of ether oxygens (including phenoxy) is 1. The lowest BCUT2D eigenvalue weighted by atomic mass is 10.0. The molecule has 94 valence electrons. The monoisotopic (exact) mass is 239 g/mol. The number of benzene rings is 1. The smallest absolute Gasteiger partial charge is 0.123 e. The van der Waals surface area contributed by atoms with Gasteiger partial charge in [0.2, 0.25) is 0 Å². The van der Waals surface area contributed by atoms with E-state index in [-0.39, 0.29) is 11.6 Å². The Morgan fingerprint density at radius 2 is 2.35 bits per heavy atom. The van der Waals surface area contributed by atoms with Crippen LogP contribution in [0.25, 0.3) is 0 Å². The van der Waals surface area contributed by atoms with Crippen LogP contribution in [0.15, 0.2) is 18.2 Å². The summed E-state index contributed by atoms with van der Waals surface area (Å²) in [6.07, 6.45) is 2.28. The van der Waals surface area contributed by atoms with Crippen molar-refractivity contribution in [1.29, 1.82) is 0 Å². The van der Waals surface area contributed by atoms with Gasteiger partial charge in [0, 0.05) is 25.3 Å². The second kappa shape index (κ2) is 5.98. The highest BCUT2D eigenvalue weighted by atomic mass is 19.1. The molecule has 3 nitrogen and oxygen atoms in total. The summed E-state index contributed by atoms with van der Waals surface area (Å²) in [5.41, 5.74) is 0.599. The molecule has 1 aromatic rings. The minimum atomic E-state index is -0.319. The van der Waals surface area contributed by atoms with Crippen molar-refractivity contribution in [2.75, 3.05) is 19.8 Å². The molecule has 0 amide bonds. The minimum absolute atomic E-state index is 0.138. The Kier molecular flexibility index (Phi) is 4.34. The van der Waals surface area contributed by atoms with Crippen molar-refractivity contribution >= 4 is 0 Å². The molecule has 1 aliphatic rings. The fraction of sp³-hybridized carbons (Fsp3) is 0.538. The molecule has 0 bridgehead atoms. The number of rotatable bonds is 4. The zero-order chi connectivity index (χ0) is 12.1. The van der Waals surface area contributed by atoms with Gasteiger partial charge in [0.25, 0.3) is 0 Å². The summed E-state index contributed by atoms with van der Waals surface area (Å²) >= 11 is 0. The number of hydrogen-bond acceptors (Lipinski definition) is 3. The Hall–Kier alpha value is -1.13. The van der Waals surface area contributed by atoms with Crippen LogP contribution in [-0.2, 0) is 11.3 Å². The van der Waals surface area contributed by atoms with Crippen LogP contribution in [0.1, 0.15) is 18.4 Å². The number of phenolic OH excluding ortho intramolecular Hbond substituents is 1. The molecular formula is C13H18FNO2. The molecule has 1 saturated heterocycles. The predicted molar refractivity (Wildman–Crippen MR) is 63.3 cm³/mol. The molecule has 17 heavy (non-hydrogen) atoms. The van der Waals surface area contributed by atoms with Crippen molar-refractivity contribution < 1.29 is 14.2 Å². The predicted octanol–water partition coefficient (Wildman–Crippen LogP) is 2.05. The third kappa shape index (κ3) is 3.68. The first-order chi connectivity index (χ1) is 8.25. The van der Waals surface area contributed by atoms with Gasteiger partial charge in [-0.05, 0) is 37.0 Å². The molecule has 0 aliphatic carbocycles. The van der Waals surface area contributed by atoms with Crippen LogP contribution in [0.5, 0.6) is 5.75 Å².